The van der Waals surface area contributed by atoms with Crippen molar-refractivity contribution in [3.8, 4) is 0 Å². The van der Waals surface area contributed by atoms with Crippen LogP contribution in [0.5, 0.6) is 0 Å². The van der Waals surface area contributed by atoms with E-state index in [-0.39, 0.29) is 17.9 Å². The third-order valence-corrected chi connectivity index (χ3v) is 3.99. The number of nitrogen functional groups attached to an aromatic ring is 1. The van der Waals surface area contributed by atoms with Crippen molar-refractivity contribution in [2.24, 2.45) is 0 Å². The van der Waals surface area contributed by atoms with Gasteiger partial charge < -0.3 is 10.6 Å². The molecule has 2 rings (SSSR count). The van der Waals surface area contributed by atoms with Crippen LogP contribution in [0.4, 0.5) is 5.69 Å². The van der Waals surface area contributed by atoms with Gasteiger partial charge in [0.1, 0.15) is 0 Å². The molecule has 1 amide bonds. The van der Waals surface area contributed by atoms with E-state index >= 15 is 0 Å². The predicted octanol–water partition coefficient (Wildman–Crippen LogP) is 3.59. The first-order chi connectivity index (χ1) is 10.0. The molecule has 110 valence electrons. The number of rotatable bonds is 4. The minimum absolute atomic E-state index is 0.0437. The van der Waals surface area contributed by atoms with Crippen LogP contribution in [0.15, 0.2) is 54.6 Å². The summed E-state index contributed by atoms with van der Waals surface area (Å²) in [6, 6.07) is 17.6. The Morgan fingerprint density at radius 1 is 1.00 bits per heavy atom. The third-order valence-electron chi connectivity index (χ3n) is 3.99. The number of amides is 1. The zero-order valence-electron chi connectivity index (χ0n) is 12.8. The summed E-state index contributed by atoms with van der Waals surface area (Å²) in [4.78, 5) is 14.4. The highest BCUT2D eigenvalue weighted by Gasteiger charge is 2.23. The molecule has 2 atom stereocenters. The molecule has 3 heteroatoms. The van der Waals surface area contributed by atoms with Crippen molar-refractivity contribution in [2.75, 3.05) is 12.8 Å². The van der Waals surface area contributed by atoms with Gasteiger partial charge in [0.2, 0.25) is 5.91 Å². The molecule has 0 aliphatic rings. The van der Waals surface area contributed by atoms with E-state index in [1.807, 2.05) is 75.5 Å². The summed E-state index contributed by atoms with van der Waals surface area (Å²) in [7, 11) is 1.85. The normalized spacial score (nSPS) is 13.5. The van der Waals surface area contributed by atoms with E-state index in [1.165, 1.54) is 0 Å². The number of benzene rings is 2. The van der Waals surface area contributed by atoms with Gasteiger partial charge in [0.15, 0.2) is 0 Å². The van der Waals surface area contributed by atoms with Crippen molar-refractivity contribution in [1.29, 1.82) is 0 Å². The van der Waals surface area contributed by atoms with Gasteiger partial charge in [-0.3, -0.25) is 4.79 Å². The monoisotopic (exact) mass is 282 g/mol. The van der Waals surface area contributed by atoms with E-state index in [1.54, 1.807) is 4.90 Å². The van der Waals surface area contributed by atoms with Gasteiger partial charge in [-0.05, 0) is 37.1 Å². The molecule has 0 heterocycles. The first-order valence-corrected chi connectivity index (χ1v) is 7.17. The van der Waals surface area contributed by atoms with Crippen LogP contribution < -0.4 is 5.73 Å². The largest absolute Gasteiger partial charge is 0.399 e. The van der Waals surface area contributed by atoms with Gasteiger partial charge in [0.05, 0.1) is 12.0 Å². The van der Waals surface area contributed by atoms with Gasteiger partial charge in [-0.2, -0.15) is 0 Å². The Hall–Kier alpha value is -2.29. The molecule has 0 radical (unpaired) electrons. The fourth-order valence-electron chi connectivity index (χ4n) is 2.42. The molecular weight excluding hydrogens is 260 g/mol. The third kappa shape index (κ3) is 3.43. The molecule has 0 aromatic heterocycles. The van der Waals surface area contributed by atoms with E-state index in [0.717, 1.165) is 11.1 Å². The van der Waals surface area contributed by atoms with Crippen LogP contribution >= 0.6 is 0 Å². The minimum Gasteiger partial charge on any atom is -0.399 e. The molecular formula is C18H22N2O. The molecule has 0 fully saturated rings. The number of likely N-dealkylation sites (N-methyl/N-ethyl adjacent to an activating group) is 1. The number of nitrogens with zero attached hydrogens (tertiary/aromatic N) is 1. The molecule has 21 heavy (non-hydrogen) atoms. The van der Waals surface area contributed by atoms with Crippen LogP contribution in [0, 0.1) is 0 Å². The van der Waals surface area contributed by atoms with E-state index in [4.69, 9.17) is 5.73 Å². The standard InChI is InChI=1S/C18H22N2O/c1-13(16-10-7-11-17(19)12-16)18(21)20(3)14(2)15-8-5-4-6-9-15/h4-14H,19H2,1-3H3. The SMILES string of the molecule is CC(C(=O)N(C)C(C)c1ccccc1)c1cccc(N)c1. The second kappa shape index (κ2) is 6.44. The second-order valence-electron chi connectivity index (χ2n) is 5.43. The second-order valence-corrected chi connectivity index (χ2v) is 5.43. The lowest BCUT2D eigenvalue weighted by Gasteiger charge is -2.28. The number of hydrogen-bond acceptors (Lipinski definition) is 2. The van der Waals surface area contributed by atoms with Crippen molar-refractivity contribution < 1.29 is 4.79 Å². The molecule has 0 aliphatic heterocycles. The van der Waals surface area contributed by atoms with Crippen molar-refractivity contribution in [2.45, 2.75) is 25.8 Å². The molecule has 2 unspecified atom stereocenters. The van der Waals surface area contributed by atoms with Crippen LogP contribution in [-0.4, -0.2) is 17.9 Å². The maximum atomic E-state index is 12.7. The lowest BCUT2D eigenvalue weighted by Crippen LogP contribution is -2.33. The number of carbonyl (C=O) groups excluding carboxylic acids is 1. The summed E-state index contributed by atoms with van der Waals surface area (Å²) >= 11 is 0. The average Bonchev–Trinajstić information content (AvgIpc) is 2.53. The van der Waals surface area contributed by atoms with Crippen LogP contribution in [0.1, 0.15) is 36.9 Å². The Morgan fingerprint density at radius 2 is 1.62 bits per heavy atom. The fraction of sp³-hybridized carbons (Fsp3) is 0.278. The molecule has 2 N–H and O–H groups in total. The fourth-order valence-corrected chi connectivity index (χ4v) is 2.42. The summed E-state index contributed by atoms with van der Waals surface area (Å²) in [5.74, 6) is -0.110. The lowest BCUT2D eigenvalue weighted by molar-refractivity contribution is -0.133. The highest BCUT2D eigenvalue weighted by molar-refractivity contribution is 5.83. The number of carbonyl (C=O) groups is 1. The Kier molecular flexibility index (Phi) is 4.63. The predicted molar refractivity (Wildman–Crippen MR) is 86.9 cm³/mol. The van der Waals surface area contributed by atoms with Gasteiger partial charge in [-0.1, -0.05) is 42.5 Å². The Labute approximate surface area is 126 Å². The van der Waals surface area contributed by atoms with Gasteiger partial charge >= 0.3 is 0 Å². The average molecular weight is 282 g/mol. The van der Waals surface area contributed by atoms with Gasteiger partial charge in [-0.15, -0.1) is 0 Å². The quantitative estimate of drug-likeness (QED) is 0.871. The van der Waals surface area contributed by atoms with E-state index < -0.39 is 0 Å². The summed E-state index contributed by atoms with van der Waals surface area (Å²) in [6.07, 6.45) is 0. The number of nitrogens with two attached hydrogens (primary N) is 1. The smallest absolute Gasteiger partial charge is 0.230 e. The van der Waals surface area contributed by atoms with Crippen molar-refractivity contribution in [3.63, 3.8) is 0 Å². The zero-order valence-corrected chi connectivity index (χ0v) is 12.8. The first kappa shape index (κ1) is 15.1. The summed E-state index contributed by atoms with van der Waals surface area (Å²) < 4.78 is 0. The topological polar surface area (TPSA) is 46.3 Å². The number of hydrogen-bond donors (Lipinski definition) is 1. The molecule has 0 bridgehead atoms. The molecule has 0 saturated heterocycles. The van der Waals surface area contributed by atoms with Crippen LogP contribution in [-0.2, 0) is 4.79 Å². The molecule has 0 saturated carbocycles. The van der Waals surface area contributed by atoms with Gasteiger partial charge in [0, 0.05) is 12.7 Å². The van der Waals surface area contributed by atoms with Crippen molar-refractivity contribution in [3.05, 3.63) is 65.7 Å². The Morgan fingerprint density at radius 3 is 2.24 bits per heavy atom. The van der Waals surface area contributed by atoms with Crippen LogP contribution in [0.3, 0.4) is 0 Å². The maximum Gasteiger partial charge on any atom is 0.230 e. The van der Waals surface area contributed by atoms with Crippen molar-refractivity contribution >= 4 is 11.6 Å². The minimum atomic E-state index is -0.204. The van der Waals surface area contributed by atoms with Crippen LogP contribution in [0.2, 0.25) is 0 Å². The highest BCUT2D eigenvalue weighted by Crippen LogP contribution is 2.25. The molecule has 2 aromatic carbocycles. The molecule has 2 aromatic rings. The Bertz CT molecular complexity index is 610. The van der Waals surface area contributed by atoms with Gasteiger partial charge in [-0.25, -0.2) is 0 Å². The Balaban J connectivity index is 2.15. The van der Waals surface area contributed by atoms with Crippen LogP contribution in [0.25, 0.3) is 0 Å². The molecule has 0 spiro atoms. The number of anilines is 1. The lowest BCUT2D eigenvalue weighted by atomic mass is 9.98. The summed E-state index contributed by atoms with van der Waals surface area (Å²) in [6.45, 7) is 3.96. The molecule has 3 nitrogen and oxygen atoms in total. The van der Waals surface area contributed by atoms with E-state index in [0.29, 0.717) is 5.69 Å². The molecule has 0 aliphatic carbocycles. The van der Waals surface area contributed by atoms with E-state index in [9.17, 15) is 4.79 Å². The zero-order chi connectivity index (χ0) is 15.4. The summed E-state index contributed by atoms with van der Waals surface area (Å²) in [5.41, 5.74) is 8.57. The summed E-state index contributed by atoms with van der Waals surface area (Å²) in [5, 5.41) is 0. The van der Waals surface area contributed by atoms with Gasteiger partial charge in [0.25, 0.3) is 0 Å². The van der Waals surface area contributed by atoms with Crippen molar-refractivity contribution in [1.82, 2.24) is 4.90 Å². The first-order valence-electron chi connectivity index (χ1n) is 7.17. The van der Waals surface area contributed by atoms with E-state index in [2.05, 4.69) is 0 Å². The maximum absolute atomic E-state index is 12.7. The highest BCUT2D eigenvalue weighted by atomic mass is 16.2.